The summed E-state index contributed by atoms with van der Waals surface area (Å²) >= 11 is 17.1. The molecule has 0 aromatic heterocycles. The molecule has 0 aromatic carbocycles. The van der Waals surface area contributed by atoms with Crippen LogP contribution in [0.15, 0.2) is 0 Å². The second-order valence-corrected chi connectivity index (χ2v) is 3.07. The van der Waals surface area contributed by atoms with Crippen molar-refractivity contribution in [2.45, 2.75) is 0 Å². The van der Waals surface area contributed by atoms with E-state index in [1.807, 2.05) is 0 Å². The van der Waals surface area contributed by atoms with Crippen molar-refractivity contribution in [3.63, 3.8) is 0 Å². The number of nitrogens with two attached hydrogens (primary N) is 1. The zero-order chi connectivity index (χ0) is 7.86. The van der Waals surface area contributed by atoms with Crippen molar-refractivity contribution in [1.82, 2.24) is 5.32 Å². The summed E-state index contributed by atoms with van der Waals surface area (Å²) in [7, 11) is 1.70. The van der Waals surface area contributed by atoms with Crippen LogP contribution in [0.25, 0.3) is 0 Å². The summed E-state index contributed by atoms with van der Waals surface area (Å²) in [4.78, 5) is 0. The van der Waals surface area contributed by atoms with E-state index in [1.165, 1.54) is 0 Å². The first-order chi connectivity index (χ1) is 4.00. The van der Waals surface area contributed by atoms with Gasteiger partial charge in [-0.1, -0.05) is 8.64 Å². The second kappa shape index (κ2) is 12.5. The van der Waals surface area contributed by atoms with Crippen LogP contribution >= 0.6 is 24.4 Å². The van der Waals surface area contributed by atoms with E-state index in [1.54, 1.807) is 7.05 Å². The maximum atomic E-state index is 4.66. The molecule has 10 heavy (non-hydrogen) atoms. The Morgan fingerprint density at radius 1 is 1.40 bits per heavy atom. The molecule has 0 atom stereocenters. The smallest absolute Gasteiger partial charge is 0.415 e. The van der Waals surface area contributed by atoms with Crippen molar-refractivity contribution in [2.75, 3.05) is 7.05 Å². The zero-order valence-electron chi connectivity index (χ0n) is 5.42. The fourth-order valence-electron chi connectivity index (χ4n) is 0. The van der Waals surface area contributed by atoms with Gasteiger partial charge in [-0.15, -0.1) is 0 Å². The van der Waals surface area contributed by atoms with Crippen LogP contribution in [0.3, 0.4) is 0 Å². The Morgan fingerprint density at radius 3 is 1.50 bits per heavy atom. The molecule has 0 amide bonds. The van der Waals surface area contributed by atoms with Gasteiger partial charge in [0, 0.05) is 7.05 Å². The molecule has 0 fully saturated rings. The van der Waals surface area contributed by atoms with Gasteiger partial charge in [-0.2, -0.15) is 0 Å². The topological polar surface area (TPSA) is 38.0 Å². The van der Waals surface area contributed by atoms with Crippen molar-refractivity contribution in [1.29, 1.82) is 0 Å². The minimum atomic E-state index is 0. The number of hydrogen-bond acceptors (Lipinski definition) is 4. The third-order valence-corrected chi connectivity index (χ3v) is 0.612. The van der Waals surface area contributed by atoms with Crippen LogP contribution in [-0.4, -0.2) is 15.7 Å². The van der Waals surface area contributed by atoms with E-state index in [2.05, 4.69) is 60.7 Å². The zero-order valence-corrected chi connectivity index (χ0v) is 11.7. The van der Waals surface area contributed by atoms with Crippen molar-refractivity contribution < 1.29 is 19.5 Å². The van der Waals surface area contributed by atoms with E-state index >= 15 is 0 Å². The largest absolute Gasteiger partial charge is 2.00 e. The molecular weight excluding hydrogens is 258 g/mol. The summed E-state index contributed by atoms with van der Waals surface area (Å²) in [6, 6.07) is 0. The van der Waals surface area contributed by atoms with Gasteiger partial charge in [0.2, 0.25) is 0 Å². The summed E-state index contributed by atoms with van der Waals surface area (Å²) in [6.07, 6.45) is 0. The number of hydrogen-bond donors (Lipinski definition) is 2. The van der Waals surface area contributed by atoms with Crippen molar-refractivity contribution >= 4 is 58.3 Å². The molecule has 0 radical (unpaired) electrons. The number of thiocarbonyl (C=S) groups is 2. The monoisotopic (exact) mass is 262 g/mol. The van der Waals surface area contributed by atoms with Crippen LogP contribution in [0.5, 0.6) is 0 Å². The second-order valence-electron chi connectivity index (χ2n) is 0.856. The first-order valence-electron chi connectivity index (χ1n) is 1.86. The fourth-order valence-corrected chi connectivity index (χ4v) is 0. The number of nitrogens with one attached hydrogen (secondary N) is 1. The molecule has 0 heterocycles. The molecule has 0 unspecified atom stereocenters. The van der Waals surface area contributed by atoms with E-state index < -0.39 is 0 Å². The summed E-state index contributed by atoms with van der Waals surface area (Å²) in [6.45, 7) is 0. The van der Waals surface area contributed by atoms with Crippen LogP contribution in [0, 0.1) is 0 Å². The standard InChI is InChI=1S/C2H5NS2.CH3NS2.Zn/c1-3-2(4)5;2-1(3)4;/h1H3,(H2,3,4,5);(H3,2,3,4);/q;;+2/p-2. The Labute approximate surface area is 95.3 Å². The van der Waals surface area contributed by atoms with E-state index in [4.69, 9.17) is 0 Å². The molecule has 0 saturated heterocycles. The van der Waals surface area contributed by atoms with Crippen LogP contribution in [0.1, 0.15) is 0 Å². The Balaban J connectivity index is -0.0000000910. The van der Waals surface area contributed by atoms with E-state index in [-0.39, 0.29) is 23.8 Å². The molecule has 0 aliphatic carbocycles. The summed E-state index contributed by atoms with van der Waals surface area (Å²) in [5.74, 6) is 0. The van der Waals surface area contributed by atoms with E-state index in [0.29, 0.717) is 4.32 Å². The summed E-state index contributed by atoms with van der Waals surface area (Å²) in [5, 5.41) is 2.57. The van der Waals surface area contributed by atoms with Gasteiger partial charge in [0.25, 0.3) is 0 Å². The van der Waals surface area contributed by atoms with Gasteiger partial charge in [0.15, 0.2) is 0 Å². The predicted octanol–water partition coefficient (Wildman–Crippen LogP) is -0.188. The quantitative estimate of drug-likeness (QED) is 0.359. The van der Waals surface area contributed by atoms with E-state index in [9.17, 15) is 0 Å². The van der Waals surface area contributed by atoms with Gasteiger partial charge < -0.3 is 60.7 Å². The average molecular weight is 264 g/mol. The molecule has 7 heteroatoms. The van der Waals surface area contributed by atoms with Crippen LogP contribution < -0.4 is 11.1 Å². The van der Waals surface area contributed by atoms with Gasteiger partial charge in [-0.3, -0.25) is 0 Å². The van der Waals surface area contributed by atoms with Crippen molar-refractivity contribution in [2.24, 2.45) is 5.73 Å². The van der Waals surface area contributed by atoms with Gasteiger partial charge >= 0.3 is 19.5 Å². The predicted molar refractivity (Wildman–Crippen MR) is 53.2 cm³/mol. The van der Waals surface area contributed by atoms with Gasteiger partial charge in [-0.05, 0) is 0 Å². The molecule has 0 saturated carbocycles. The molecule has 54 valence electrons. The van der Waals surface area contributed by atoms with Gasteiger partial charge in [-0.25, -0.2) is 0 Å². The Hall–Kier alpha value is 0.843. The fraction of sp³-hybridized carbons (Fsp3) is 0.333. The summed E-state index contributed by atoms with van der Waals surface area (Å²) in [5.41, 5.74) is 4.66. The average Bonchev–Trinajstić information content (AvgIpc) is 1.65. The molecular formula is C3H6N2S4Zn. The van der Waals surface area contributed by atoms with Crippen LogP contribution in [-0.2, 0) is 44.7 Å². The molecule has 0 aliphatic rings. The molecule has 0 aliphatic heterocycles. The van der Waals surface area contributed by atoms with Crippen molar-refractivity contribution in [3.05, 3.63) is 0 Å². The maximum absolute atomic E-state index is 4.66. The SMILES string of the molecule is CNC(=S)[S-].NC(=S)[S-].[Zn+2]. The minimum absolute atomic E-state index is 0. The Morgan fingerprint density at radius 2 is 1.50 bits per heavy atom. The molecule has 0 spiro atoms. The molecule has 3 N–H and O–H groups in total. The number of rotatable bonds is 0. The molecule has 0 bridgehead atoms. The molecule has 0 rings (SSSR count). The third-order valence-electron chi connectivity index (χ3n) is 0.204. The minimum Gasteiger partial charge on any atom is -0.415 e. The van der Waals surface area contributed by atoms with Gasteiger partial charge in [0.05, 0.1) is 0 Å². The van der Waals surface area contributed by atoms with Crippen LogP contribution in [0.2, 0.25) is 0 Å². The Bertz CT molecular complexity index is 103. The first-order valence-corrected chi connectivity index (χ1v) is 3.49. The first kappa shape index (κ1) is 17.1. The summed E-state index contributed by atoms with van der Waals surface area (Å²) < 4.78 is 0.505. The Kier molecular flexibility index (Phi) is 21.4. The normalized spacial score (nSPS) is 5.70. The van der Waals surface area contributed by atoms with Crippen LogP contribution in [0.4, 0.5) is 0 Å². The molecule has 0 aromatic rings. The third kappa shape index (κ3) is 67.3. The van der Waals surface area contributed by atoms with E-state index in [0.717, 1.165) is 0 Å². The maximum Gasteiger partial charge on any atom is 2.00 e. The van der Waals surface area contributed by atoms with Gasteiger partial charge in [0.1, 0.15) is 0 Å². The molecule has 2 nitrogen and oxygen atoms in total. The van der Waals surface area contributed by atoms with Crippen molar-refractivity contribution in [3.8, 4) is 0 Å².